The number of carbonyl (C=O) groups is 1. The van der Waals surface area contributed by atoms with Crippen LogP contribution in [0, 0.1) is 6.92 Å². The van der Waals surface area contributed by atoms with Gasteiger partial charge in [0.2, 0.25) is 0 Å². The molecule has 1 aromatic carbocycles. The second-order valence-corrected chi connectivity index (χ2v) is 5.97. The molecule has 1 aliphatic rings. The number of amides is 1. The number of hydrogen-bond acceptors (Lipinski definition) is 6. The standard InChI is InChI=1S/C16H18ClN5O2/c1-9-7-19-13(8-18-9)16(23)20-15-6-12(21-22-15)11-5-10(17)3-4-14(11)24-2/h3-5,7-8,12,15,21-22H,6H2,1-2H3,(H,20,23). The van der Waals surface area contributed by atoms with E-state index in [0.717, 1.165) is 17.0 Å². The minimum atomic E-state index is -0.277. The molecular weight excluding hydrogens is 330 g/mol. The van der Waals surface area contributed by atoms with E-state index < -0.39 is 0 Å². The molecule has 3 rings (SSSR count). The highest BCUT2D eigenvalue weighted by Gasteiger charge is 2.28. The first kappa shape index (κ1) is 16.6. The van der Waals surface area contributed by atoms with Crippen LogP contribution in [-0.2, 0) is 0 Å². The number of aromatic nitrogens is 2. The number of hydrogen-bond donors (Lipinski definition) is 3. The van der Waals surface area contributed by atoms with Crippen molar-refractivity contribution in [1.82, 2.24) is 26.1 Å². The monoisotopic (exact) mass is 347 g/mol. The van der Waals surface area contributed by atoms with E-state index >= 15 is 0 Å². The quantitative estimate of drug-likeness (QED) is 0.781. The molecule has 2 heterocycles. The van der Waals surface area contributed by atoms with Crippen molar-refractivity contribution in [2.24, 2.45) is 0 Å². The first-order chi connectivity index (χ1) is 11.6. The fourth-order valence-corrected chi connectivity index (χ4v) is 2.75. The number of carbonyl (C=O) groups excluding carboxylic acids is 1. The number of rotatable bonds is 4. The molecule has 2 aromatic rings. The van der Waals surface area contributed by atoms with E-state index in [0.29, 0.717) is 11.4 Å². The Labute approximate surface area is 144 Å². The van der Waals surface area contributed by atoms with Crippen molar-refractivity contribution in [1.29, 1.82) is 0 Å². The van der Waals surface area contributed by atoms with Gasteiger partial charge in [0.1, 0.15) is 11.4 Å². The summed E-state index contributed by atoms with van der Waals surface area (Å²) in [5, 5.41) is 3.51. The first-order valence-corrected chi connectivity index (χ1v) is 7.88. The maximum absolute atomic E-state index is 12.2. The van der Waals surface area contributed by atoms with Gasteiger partial charge in [-0.3, -0.25) is 9.78 Å². The van der Waals surface area contributed by atoms with Gasteiger partial charge in [0, 0.05) is 23.2 Å². The van der Waals surface area contributed by atoms with Gasteiger partial charge in [0.25, 0.3) is 5.91 Å². The van der Waals surface area contributed by atoms with E-state index in [1.165, 1.54) is 6.20 Å². The second kappa shape index (κ2) is 7.12. The van der Waals surface area contributed by atoms with Crippen LogP contribution in [0.3, 0.4) is 0 Å². The molecule has 1 aliphatic heterocycles. The molecule has 7 nitrogen and oxygen atoms in total. The van der Waals surface area contributed by atoms with Crippen LogP contribution in [0.15, 0.2) is 30.6 Å². The fraction of sp³-hybridized carbons (Fsp3) is 0.312. The molecule has 1 fully saturated rings. The number of aryl methyl sites for hydroxylation is 1. The van der Waals surface area contributed by atoms with Crippen molar-refractivity contribution in [3.8, 4) is 5.75 Å². The Kier molecular flexibility index (Phi) is 4.94. The van der Waals surface area contributed by atoms with Gasteiger partial charge in [-0.1, -0.05) is 11.6 Å². The van der Waals surface area contributed by atoms with Crippen LogP contribution < -0.4 is 20.9 Å². The highest BCUT2D eigenvalue weighted by Crippen LogP contribution is 2.32. The van der Waals surface area contributed by atoms with Crippen LogP contribution in [0.25, 0.3) is 0 Å². The fourth-order valence-electron chi connectivity index (χ4n) is 2.57. The minimum absolute atomic E-state index is 0.0342. The zero-order chi connectivity index (χ0) is 17.1. The van der Waals surface area contributed by atoms with Crippen LogP contribution in [0.4, 0.5) is 0 Å². The highest BCUT2D eigenvalue weighted by atomic mass is 35.5. The Morgan fingerprint density at radius 2 is 2.17 bits per heavy atom. The highest BCUT2D eigenvalue weighted by molar-refractivity contribution is 6.30. The molecule has 0 aliphatic carbocycles. The normalized spacial score (nSPS) is 20.0. The molecule has 2 unspecified atom stereocenters. The van der Waals surface area contributed by atoms with E-state index in [2.05, 4.69) is 26.1 Å². The summed E-state index contributed by atoms with van der Waals surface area (Å²) in [7, 11) is 1.62. The number of methoxy groups -OCH3 is 1. The summed E-state index contributed by atoms with van der Waals surface area (Å²) in [4.78, 5) is 20.4. The van der Waals surface area contributed by atoms with Crippen molar-refractivity contribution in [2.45, 2.75) is 25.6 Å². The van der Waals surface area contributed by atoms with Gasteiger partial charge >= 0.3 is 0 Å². The lowest BCUT2D eigenvalue weighted by molar-refractivity contribution is 0.0927. The molecule has 1 amide bonds. The average Bonchev–Trinajstić information content (AvgIpc) is 3.03. The van der Waals surface area contributed by atoms with Gasteiger partial charge < -0.3 is 10.1 Å². The molecular formula is C16H18ClN5O2. The van der Waals surface area contributed by atoms with Gasteiger partial charge in [-0.15, -0.1) is 0 Å². The summed E-state index contributed by atoms with van der Waals surface area (Å²) < 4.78 is 5.38. The van der Waals surface area contributed by atoms with Crippen molar-refractivity contribution < 1.29 is 9.53 Å². The molecule has 2 atom stereocenters. The van der Waals surface area contributed by atoms with Crippen molar-refractivity contribution in [3.05, 3.63) is 52.6 Å². The lowest BCUT2D eigenvalue weighted by atomic mass is 10.0. The molecule has 8 heteroatoms. The third-order valence-corrected chi connectivity index (χ3v) is 4.02. The van der Waals surface area contributed by atoms with Crippen LogP contribution in [0.5, 0.6) is 5.75 Å². The molecule has 0 spiro atoms. The first-order valence-electron chi connectivity index (χ1n) is 7.51. The number of nitrogens with one attached hydrogen (secondary N) is 3. The predicted molar refractivity (Wildman–Crippen MR) is 89.7 cm³/mol. The smallest absolute Gasteiger partial charge is 0.272 e. The Balaban J connectivity index is 1.66. The molecule has 0 saturated carbocycles. The molecule has 24 heavy (non-hydrogen) atoms. The zero-order valence-electron chi connectivity index (χ0n) is 13.3. The van der Waals surface area contributed by atoms with Crippen LogP contribution in [0.1, 0.15) is 34.2 Å². The van der Waals surface area contributed by atoms with Gasteiger partial charge in [-0.25, -0.2) is 15.8 Å². The molecule has 126 valence electrons. The molecule has 3 N–H and O–H groups in total. The average molecular weight is 348 g/mol. The molecule has 1 saturated heterocycles. The SMILES string of the molecule is COc1ccc(Cl)cc1C1CC(NC(=O)c2cnc(C)cn2)NN1. The van der Waals surface area contributed by atoms with Gasteiger partial charge in [-0.05, 0) is 25.1 Å². The van der Waals surface area contributed by atoms with E-state index in [1.807, 2.05) is 19.1 Å². The van der Waals surface area contributed by atoms with E-state index in [1.54, 1.807) is 19.4 Å². The second-order valence-electron chi connectivity index (χ2n) is 5.53. The third kappa shape index (κ3) is 3.64. The van der Waals surface area contributed by atoms with Crippen molar-refractivity contribution in [2.75, 3.05) is 7.11 Å². The maximum atomic E-state index is 12.2. The van der Waals surface area contributed by atoms with Crippen molar-refractivity contribution in [3.63, 3.8) is 0 Å². The number of benzene rings is 1. The van der Waals surface area contributed by atoms with E-state index in [-0.39, 0.29) is 23.8 Å². The van der Waals surface area contributed by atoms with Crippen molar-refractivity contribution >= 4 is 17.5 Å². The Morgan fingerprint density at radius 3 is 2.88 bits per heavy atom. The lowest BCUT2D eigenvalue weighted by Gasteiger charge is -2.14. The van der Waals surface area contributed by atoms with Gasteiger partial charge in [0.15, 0.2) is 0 Å². The molecule has 1 aromatic heterocycles. The van der Waals surface area contributed by atoms with Gasteiger partial charge in [-0.2, -0.15) is 0 Å². The number of nitrogens with zero attached hydrogens (tertiary/aromatic N) is 2. The maximum Gasteiger partial charge on any atom is 0.272 e. The summed E-state index contributed by atoms with van der Waals surface area (Å²) in [6.45, 7) is 1.82. The van der Waals surface area contributed by atoms with Gasteiger partial charge in [0.05, 0.1) is 31.2 Å². The third-order valence-electron chi connectivity index (χ3n) is 3.79. The number of halogens is 1. The minimum Gasteiger partial charge on any atom is -0.496 e. The Bertz CT molecular complexity index is 738. The van der Waals surface area contributed by atoms with E-state index in [9.17, 15) is 4.79 Å². The molecule has 0 radical (unpaired) electrons. The summed E-state index contributed by atoms with van der Waals surface area (Å²) in [5.41, 5.74) is 8.19. The summed E-state index contributed by atoms with van der Waals surface area (Å²) in [5.74, 6) is 0.468. The topological polar surface area (TPSA) is 88.2 Å². The Hall–Kier alpha value is -2.22. The number of hydrazine groups is 1. The van der Waals surface area contributed by atoms with Crippen LogP contribution >= 0.6 is 11.6 Å². The predicted octanol–water partition coefficient (Wildman–Crippen LogP) is 1.74. The largest absolute Gasteiger partial charge is 0.496 e. The Morgan fingerprint density at radius 1 is 1.33 bits per heavy atom. The van der Waals surface area contributed by atoms with Crippen LogP contribution in [-0.4, -0.2) is 29.2 Å². The summed E-state index contributed by atoms with van der Waals surface area (Å²) in [6.07, 6.45) is 3.43. The zero-order valence-corrected chi connectivity index (χ0v) is 14.1. The summed E-state index contributed by atoms with van der Waals surface area (Å²) >= 11 is 6.08. The number of ether oxygens (including phenoxy) is 1. The summed E-state index contributed by atoms with van der Waals surface area (Å²) in [6, 6.07) is 5.43. The lowest BCUT2D eigenvalue weighted by Crippen LogP contribution is -2.44. The van der Waals surface area contributed by atoms with E-state index in [4.69, 9.17) is 16.3 Å². The molecule has 0 bridgehead atoms. The van der Waals surface area contributed by atoms with Crippen LogP contribution in [0.2, 0.25) is 5.02 Å².